The number of ether oxygens (including phenoxy) is 2. The van der Waals surface area contributed by atoms with Crippen LogP contribution in [-0.4, -0.2) is 33.7 Å². The molecule has 0 fully saturated rings. The van der Waals surface area contributed by atoms with Crippen molar-refractivity contribution in [2.24, 2.45) is 5.73 Å². The van der Waals surface area contributed by atoms with Gasteiger partial charge in [-0.1, -0.05) is 30.3 Å². The molecule has 9 nitrogen and oxygen atoms in total. The first kappa shape index (κ1) is 24.4. The van der Waals surface area contributed by atoms with Gasteiger partial charge >= 0.3 is 11.7 Å². The number of carbonyl (C=O) groups is 2. The zero-order valence-corrected chi connectivity index (χ0v) is 19.8. The van der Waals surface area contributed by atoms with Gasteiger partial charge in [-0.2, -0.15) is 0 Å². The maximum absolute atomic E-state index is 13.4. The Balaban J connectivity index is 2.29. The van der Waals surface area contributed by atoms with Gasteiger partial charge in [-0.3, -0.25) is 18.7 Å². The van der Waals surface area contributed by atoms with Crippen LogP contribution in [0.5, 0.6) is 0 Å². The molecule has 0 spiro atoms. The molecule has 33 heavy (non-hydrogen) atoms. The quantitative estimate of drug-likeness (QED) is 0.476. The molecule has 0 saturated heterocycles. The van der Waals surface area contributed by atoms with Gasteiger partial charge in [0.25, 0.3) is 5.56 Å². The van der Waals surface area contributed by atoms with E-state index < -0.39 is 35.8 Å². The number of hydrogen-bond donors (Lipinski definition) is 1. The molecule has 176 valence electrons. The highest BCUT2D eigenvalue weighted by atomic mass is 32.1. The van der Waals surface area contributed by atoms with Gasteiger partial charge in [0, 0.05) is 0 Å². The molecule has 0 aliphatic heterocycles. The summed E-state index contributed by atoms with van der Waals surface area (Å²) in [4.78, 5) is 51.2. The van der Waals surface area contributed by atoms with E-state index in [0.717, 1.165) is 21.5 Å². The first-order valence-corrected chi connectivity index (χ1v) is 11.4. The summed E-state index contributed by atoms with van der Waals surface area (Å²) in [5, 5.41) is 0.181. The number of aryl methyl sites for hydroxylation is 1. The summed E-state index contributed by atoms with van der Waals surface area (Å²) in [5.74, 6) is -1.40. The Morgan fingerprint density at radius 2 is 1.79 bits per heavy atom. The SMILES string of the molecule is CCOC(=O)c1sc2c(c1C)c(=O)n(CC(N)=O)c(=O)n2C[C@H](OC(C)C)c1ccccc1. The van der Waals surface area contributed by atoms with Crippen molar-refractivity contribution in [3.63, 3.8) is 0 Å². The molecule has 0 radical (unpaired) electrons. The van der Waals surface area contributed by atoms with Crippen LogP contribution in [0.1, 0.15) is 47.7 Å². The molecule has 1 aromatic carbocycles. The van der Waals surface area contributed by atoms with Gasteiger partial charge in [0.15, 0.2) is 0 Å². The maximum Gasteiger partial charge on any atom is 0.348 e. The van der Waals surface area contributed by atoms with Gasteiger partial charge in [-0.25, -0.2) is 9.59 Å². The second-order valence-electron chi connectivity index (χ2n) is 7.79. The van der Waals surface area contributed by atoms with Crippen LogP contribution >= 0.6 is 11.3 Å². The fourth-order valence-electron chi connectivity index (χ4n) is 3.63. The van der Waals surface area contributed by atoms with Crippen LogP contribution in [0.2, 0.25) is 0 Å². The van der Waals surface area contributed by atoms with Crippen molar-refractivity contribution < 1.29 is 19.1 Å². The van der Waals surface area contributed by atoms with Crippen molar-refractivity contribution in [2.75, 3.05) is 6.61 Å². The molecule has 0 unspecified atom stereocenters. The number of amides is 1. The van der Waals surface area contributed by atoms with Gasteiger partial charge < -0.3 is 15.2 Å². The van der Waals surface area contributed by atoms with Crippen molar-refractivity contribution >= 4 is 33.4 Å². The molecule has 2 N–H and O–H groups in total. The third-order valence-electron chi connectivity index (χ3n) is 5.03. The fraction of sp³-hybridized carbons (Fsp3) is 0.391. The number of primary amides is 1. The highest BCUT2D eigenvalue weighted by molar-refractivity contribution is 7.20. The lowest BCUT2D eigenvalue weighted by Crippen LogP contribution is -2.43. The molecule has 2 heterocycles. The van der Waals surface area contributed by atoms with Crippen LogP contribution in [0, 0.1) is 6.92 Å². The zero-order chi connectivity index (χ0) is 24.3. The summed E-state index contributed by atoms with van der Waals surface area (Å²) in [7, 11) is 0. The van der Waals surface area contributed by atoms with Crippen molar-refractivity contribution in [3.05, 3.63) is 67.2 Å². The van der Waals surface area contributed by atoms with E-state index in [0.29, 0.717) is 10.4 Å². The average Bonchev–Trinajstić information content (AvgIpc) is 3.11. The van der Waals surface area contributed by atoms with E-state index in [1.54, 1.807) is 13.8 Å². The molecule has 0 bridgehead atoms. The number of rotatable bonds is 9. The number of nitrogens with two attached hydrogens (primary N) is 1. The Labute approximate surface area is 194 Å². The molecule has 3 aromatic rings. The third-order valence-corrected chi connectivity index (χ3v) is 6.32. The Bertz CT molecular complexity index is 1290. The summed E-state index contributed by atoms with van der Waals surface area (Å²) in [6.45, 7) is 6.74. The Hall–Kier alpha value is -3.24. The Morgan fingerprint density at radius 1 is 1.12 bits per heavy atom. The van der Waals surface area contributed by atoms with Crippen molar-refractivity contribution in [3.8, 4) is 0 Å². The van der Waals surface area contributed by atoms with E-state index in [-0.39, 0.29) is 29.5 Å². The topological polar surface area (TPSA) is 123 Å². The van der Waals surface area contributed by atoms with Gasteiger partial charge in [0.05, 0.1) is 24.6 Å². The first-order valence-electron chi connectivity index (χ1n) is 10.6. The smallest absolute Gasteiger partial charge is 0.348 e. The molecular weight excluding hydrogens is 446 g/mol. The first-order chi connectivity index (χ1) is 15.6. The van der Waals surface area contributed by atoms with Gasteiger partial charge in [-0.15, -0.1) is 11.3 Å². The fourth-order valence-corrected chi connectivity index (χ4v) is 4.83. The molecule has 0 aliphatic rings. The van der Waals surface area contributed by atoms with E-state index in [4.69, 9.17) is 15.2 Å². The summed E-state index contributed by atoms with van der Waals surface area (Å²) < 4.78 is 13.4. The highest BCUT2D eigenvalue weighted by Crippen LogP contribution is 2.30. The molecule has 0 aliphatic carbocycles. The third kappa shape index (κ3) is 5.07. The predicted molar refractivity (Wildman–Crippen MR) is 126 cm³/mol. The highest BCUT2D eigenvalue weighted by Gasteiger charge is 2.26. The largest absolute Gasteiger partial charge is 0.462 e. The monoisotopic (exact) mass is 473 g/mol. The number of nitrogens with zero attached hydrogens (tertiary/aromatic N) is 2. The summed E-state index contributed by atoms with van der Waals surface area (Å²) >= 11 is 1.01. The van der Waals surface area contributed by atoms with E-state index in [9.17, 15) is 19.2 Å². The van der Waals surface area contributed by atoms with E-state index in [1.165, 1.54) is 4.57 Å². The minimum absolute atomic E-state index is 0.0682. The minimum Gasteiger partial charge on any atom is -0.462 e. The van der Waals surface area contributed by atoms with Crippen LogP contribution in [0.4, 0.5) is 0 Å². The molecule has 0 saturated carbocycles. The average molecular weight is 474 g/mol. The Kier molecular flexibility index (Phi) is 7.50. The van der Waals surface area contributed by atoms with Gasteiger partial charge in [0.1, 0.15) is 22.4 Å². The second-order valence-corrected chi connectivity index (χ2v) is 8.79. The standard InChI is InChI=1S/C23H27N3O6S/c1-5-31-22(29)19-14(4)18-20(28)25(12-17(24)27)23(30)26(21(18)33-19)11-16(32-13(2)3)15-9-7-6-8-10-15/h6-10,13,16H,5,11-12H2,1-4H3,(H2,24,27)/t16-/m0/s1. The van der Waals surface area contributed by atoms with Gasteiger partial charge in [0.2, 0.25) is 5.91 Å². The summed E-state index contributed by atoms with van der Waals surface area (Å²) in [5.41, 5.74) is 5.17. The number of carbonyl (C=O) groups excluding carboxylic acids is 2. The zero-order valence-electron chi connectivity index (χ0n) is 19.0. The van der Waals surface area contributed by atoms with E-state index >= 15 is 0 Å². The molecule has 2 aromatic heterocycles. The maximum atomic E-state index is 13.4. The van der Waals surface area contributed by atoms with Crippen LogP contribution in [0.25, 0.3) is 10.2 Å². The number of hydrogen-bond acceptors (Lipinski definition) is 7. The van der Waals surface area contributed by atoms with Gasteiger partial charge in [-0.05, 0) is 38.8 Å². The van der Waals surface area contributed by atoms with Crippen molar-refractivity contribution in [2.45, 2.75) is 53.0 Å². The second kappa shape index (κ2) is 10.1. The summed E-state index contributed by atoms with van der Waals surface area (Å²) in [6, 6.07) is 9.39. The van der Waals surface area contributed by atoms with E-state index in [1.807, 2.05) is 44.2 Å². The van der Waals surface area contributed by atoms with E-state index in [2.05, 4.69) is 0 Å². The number of aromatic nitrogens is 2. The van der Waals surface area contributed by atoms with Crippen LogP contribution in [0.3, 0.4) is 0 Å². The Morgan fingerprint density at radius 3 is 2.36 bits per heavy atom. The van der Waals surface area contributed by atoms with Crippen molar-refractivity contribution in [1.82, 2.24) is 9.13 Å². The molecular formula is C23H27N3O6S. The molecule has 1 atom stereocenters. The molecule has 1 amide bonds. The summed E-state index contributed by atoms with van der Waals surface area (Å²) in [6.07, 6.45) is -0.654. The lowest BCUT2D eigenvalue weighted by atomic mass is 10.1. The lowest BCUT2D eigenvalue weighted by molar-refractivity contribution is -0.118. The number of benzene rings is 1. The predicted octanol–water partition coefficient (Wildman–Crippen LogP) is 2.36. The number of fused-ring (bicyclic) bond motifs is 1. The van der Waals surface area contributed by atoms with Crippen molar-refractivity contribution in [1.29, 1.82) is 0 Å². The normalized spacial score (nSPS) is 12.3. The van der Waals surface area contributed by atoms with Crippen LogP contribution in [-0.2, 0) is 27.4 Å². The number of esters is 1. The molecule has 10 heteroatoms. The lowest BCUT2D eigenvalue weighted by Gasteiger charge is -2.22. The van der Waals surface area contributed by atoms with Crippen LogP contribution < -0.4 is 17.0 Å². The number of thiophene rings is 1. The minimum atomic E-state index is -0.823. The molecule has 3 rings (SSSR count). The van der Waals surface area contributed by atoms with Crippen LogP contribution in [0.15, 0.2) is 39.9 Å².